The Labute approximate surface area is 324 Å². The van der Waals surface area contributed by atoms with E-state index in [0.717, 1.165) is 64.9 Å². The molecular weight excluding hydrogens is 669 g/mol. The Morgan fingerprint density at radius 2 is 0.764 bits per heavy atom. The number of para-hydroxylation sites is 5. The highest BCUT2D eigenvalue weighted by molar-refractivity contribution is 5.94. The molecule has 0 saturated carbocycles. The molecule has 1 N–H and O–H groups in total. The summed E-state index contributed by atoms with van der Waals surface area (Å²) in [4.78, 5) is 7.22. The molecule has 55 heavy (non-hydrogen) atoms. The van der Waals surface area contributed by atoms with Crippen molar-refractivity contribution in [1.29, 1.82) is 0 Å². The second-order valence-corrected chi connectivity index (χ2v) is 13.8. The van der Waals surface area contributed by atoms with Gasteiger partial charge in [0.1, 0.15) is 0 Å². The summed E-state index contributed by atoms with van der Waals surface area (Å²) in [6.45, 7) is 0.975. The van der Waals surface area contributed by atoms with Gasteiger partial charge >= 0.3 is 0 Å². The second kappa shape index (κ2) is 15.5. The van der Waals surface area contributed by atoms with Crippen LogP contribution in [0, 0.1) is 0 Å². The lowest BCUT2D eigenvalue weighted by atomic mass is 9.97. The first-order valence-corrected chi connectivity index (χ1v) is 19.1. The fraction of sp³-hybridized carbons (Fsp3) is 0.0588. The van der Waals surface area contributed by atoms with Crippen molar-refractivity contribution in [2.24, 2.45) is 0 Å². The number of rotatable bonds is 10. The Kier molecular flexibility index (Phi) is 9.53. The third kappa shape index (κ3) is 6.94. The fourth-order valence-electron chi connectivity index (χ4n) is 7.81. The summed E-state index contributed by atoms with van der Waals surface area (Å²) in [7, 11) is 0. The Bertz CT molecular complexity index is 2310. The first kappa shape index (κ1) is 33.8. The number of nitrogens with zero attached hydrogens (tertiary/aromatic N) is 3. The molecule has 0 fully saturated rings. The normalized spacial score (nSPS) is 11.9. The fourth-order valence-corrected chi connectivity index (χ4v) is 7.81. The van der Waals surface area contributed by atoms with Gasteiger partial charge in [-0.2, -0.15) is 0 Å². The summed E-state index contributed by atoms with van der Waals surface area (Å²) in [6, 6.07) is 76.0. The molecule has 0 unspecified atom stereocenters. The monoisotopic (exact) mass is 710 g/mol. The molecule has 0 aliphatic carbocycles. The smallest absolute Gasteiger partial charge is 0.0540 e. The van der Waals surface area contributed by atoms with Crippen molar-refractivity contribution in [3.63, 3.8) is 0 Å². The largest absolute Gasteiger partial charge is 0.385 e. The predicted molar refractivity (Wildman–Crippen MR) is 233 cm³/mol. The summed E-state index contributed by atoms with van der Waals surface area (Å²) in [6.07, 6.45) is 2.07. The van der Waals surface area contributed by atoms with Gasteiger partial charge in [0.25, 0.3) is 0 Å². The van der Waals surface area contributed by atoms with Crippen molar-refractivity contribution in [2.75, 3.05) is 26.6 Å². The van der Waals surface area contributed by atoms with Crippen LogP contribution in [0.15, 0.2) is 212 Å². The third-order valence-electron chi connectivity index (χ3n) is 10.3. The van der Waals surface area contributed by atoms with E-state index in [4.69, 9.17) is 0 Å². The predicted octanol–water partition coefficient (Wildman–Crippen LogP) is 14.1. The van der Waals surface area contributed by atoms with Crippen molar-refractivity contribution in [3.8, 4) is 11.1 Å². The van der Waals surface area contributed by atoms with Gasteiger partial charge in [-0.1, -0.05) is 127 Å². The highest BCUT2D eigenvalue weighted by Crippen LogP contribution is 2.49. The molecule has 0 radical (unpaired) electrons. The summed E-state index contributed by atoms with van der Waals surface area (Å²) < 4.78 is 0. The lowest BCUT2D eigenvalue weighted by molar-refractivity contribution is 0.829. The van der Waals surface area contributed by atoms with Gasteiger partial charge in [-0.05, 0) is 109 Å². The van der Waals surface area contributed by atoms with Crippen molar-refractivity contribution in [1.82, 2.24) is 0 Å². The van der Waals surface area contributed by atoms with Gasteiger partial charge in [-0.15, -0.1) is 0 Å². The van der Waals surface area contributed by atoms with Crippen LogP contribution in [0.3, 0.4) is 0 Å². The lowest BCUT2D eigenvalue weighted by Gasteiger charge is -2.35. The maximum absolute atomic E-state index is 3.71. The molecule has 4 nitrogen and oxygen atoms in total. The number of benzene rings is 8. The van der Waals surface area contributed by atoms with E-state index < -0.39 is 0 Å². The molecule has 0 saturated heterocycles. The molecule has 1 aliphatic rings. The molecule has 8 aromatic carbocycles. The average Bonchev–Trinajstić information content (AvgIpc) is 3.26. The minimum Gasteiger partial charge on any atom is -0.385 e. The first-order chi connectivity index (χ1) is 27.3. The van der Waals surface area contributed by atoms with Crippen LogP contribution in [0.4, 0.5) is 56.9 Å². The molecule has 8 aromatic rings. The number of hydrogen-bond donors (Lipinski definition) is 1. The highest BCUT2D eigenvalue weighted by Gasteiger charge is 2.26. The van der Waals surface area contributed by atoms with Crippen LogP contribution >= 0.6 is 0 Å². The minimum atomic E-state index is 0.975. The van der Waals surface area contributed by atoms with Crippen molar-refractivity contribution in [3.05, 3.63) is 218 Å². The number of nitrogens with one attached hydrogen (secondary N) is 1. The molecule has 266 valence electrons. The van der Waals surface area contributed by atoms with E-state index in [2.05, 4.69) is 232 Å². The van der Waals surface area contributed by atoms with E-state index in [1.165, 1.54) is 28.1 Å². The molecule has 4 heteroatoms. The Morgan fingerprint density at radius 3 is 1.27 bits per heavy atom. The van der Waals surface area contributed by atoms with Crippen LogP contribution in [0.2, 0.25) is 0 Å². The van der Waals surface area contributed by atoms with Gasteiger partial charge in [0.2, 0.25) is 0 Å². The Hall–Kier alpha value is -7.04. The molecule has 0 amide bonds. The van der Waals surface area contributed by atoms with Crippen LogP contribution in [0.5, 0.6) is 0 Å². The molecule has 0 spiro atoms. The number of hydrogen-bond acceptors (Lipinski definition) is 4. The Balaban J connectivity index is 1.37. The van der Waals surface area contributed by atoms with E-state index in [-0.39, 0.29) is 0 Å². The highest BCUT2D eigenvalue weighted by atomic mass is 15.2. The van der Waals surface area contributed by atoms with Gasteiger partial charge in [0, 0.05) is 40.5 Å². The Morgan fingerprint density at radius 1 is 0.345 bits per heavy atom. The molecule has 9 rings (SSSR count). The number of anilines is 10. The maximum atomic E-state index is 3.71. The zero-order valence-corrected chi connectivity index (χ0v) is 30.7. The lowest BCUT2D eigenvalue weighted by Crippen LogP contribution is -2.19. The number of fused-ring (bicyclic) bond motifs is 1. The maximum Gasteiger partial charge on any atom is 0.0540 e. The SMILES string of the molecule is c1ccc(-c2ccccc2N(c2cc(N(c3ccccc3)c3ccccc3)cc(N(c3ccccc3)c3ccccc3)c2)c2cccc3c2CCCN3)cc1. The van der Waals surface area contributed by atoms with E-state index in [0.29, 0.717) is 0 Å². The zero-order valence-electron chi connectivity index (χ0n) is 30.7. The molecule has 0 bridgehead atoms. The van der Waals surface area contributed by atoms with Gasteiger partial charge < -0.3 is 20.0 Å². The topological polar surface area (TPSA) is 21.8 Å². The summed E-state index contributed by atoms with van der Waals surface area (Å²) in [5, 5.41) is 3.71. The molecule has 1 aliphatic heterocycles. The van der Waals surface area contributed by atoms with Crippen molar-refractivity contribution >= 4 is 56.9 Å². The van der Waals surface area contributed by atoms with Crippen LogP contribution in [-0.4, -0.2) is 6.54 Å². The third-order valence-corrected chi connectivity index (χ3v) is 10.3. The second-order valence-electron chi connectivity index (χ2n) is 13.8. The van der Waals surface area contributed by atoms with E-state index >= 15 is 0 Å². The zero-order chi connectivity index (χ0) is 36.8. The van der Waals surface area contributed by atoms with Crippen molar-refractivity contribution in [2.45, 2.75) is 12.8 Å². The molecule has 1 heterocycles. The first-order valence-electron chi connectivity index (χ1n) is 19.1. The molecular formula is C51H42N4. The van der Waals surface area contributed by atoms with Gasteiger partial charge in [-0.25, -0.2) is 0 Å². The minimum absolute atomic E-state index is 0.975. The van der Waals surface area contributed by atoms with Crippen LogP contribution in [-0.2, 0) is 6.42 Å². The quantitative estimate of drug-likeness (QED) is 0.152. The van der Waals surface area contributed by atoms with Gasteiger partial charge in [0.15, 0.2) is 0 Å². The van der Waals surface area contributed by atoms with E-state index in [1.807, 2.05) is 0 Å². The van der Waals surface area contributed by atoms with Crippen LogP contribution in [0.1, 0.15) is 12.0 Å². The standard InChI is InChI=1S/C51H42N4/c1-6-20-39(21-7-1)47-30-16-17-33-50(47)55(51-34-18-32-49-48(51)31-19-35-52-49)46-37-44(53(40-22-8-2-9-23-40)41-24-10-3-11-25-41)36-45(38-46)54(42-26-12-4-13-27-42)43-28-14-5-15-29-43/h1-18,20-30,32-34,36-38,52H,19,31,35H2. The van der Waals surface area contributed by atoms with Crippen LogP contribution < -0.4 is 20.0 Å². The molecule has 0 aromatic heterocycles. The summed E-state index contributed by atoms with van der Waals surface area (Å²) in [5.41, 5.74) is 14.7. The summed E-state index contributed by atoms with van der Waals surface area (Å²) in [5.74, 6) is 0. The van der Waals surface area contributed by atoms with E-state index in [1.54, 1.807) is 0 Å². The molecule has 0 atom stereocenters. The van der Waals surface area contributed by atoms with Crippen LogP contribution in [0.25, 0.3) is 11.1 Å². The van der Waals surface area contributed by atoms with Crippen molar-refractivity contribution < 1.29 is 0 Å². The van der Waals surface area contributed by atoms with Gasteiger partial charge in [0.05, 0.1) is 28.4 Å². The van der Waals surface area contributed by atoms with E-state index in [9.17, 15) is 0 Å². The summed E-state index contributed by atoms with van der Waals surface area (Å²) >= 11 is 0. The average molecular weight is 711 g/mol. The van der Waals surface area contributed by atoms with Gasteiger partial charge in [-0.3, -0.25) is 0 Å².